The van der Waals surface area contributed by atoms with E-state index < -0.39 is 10.3 Å². The maximum absolute atomic E-state index is 10.1. The predicted octanol–water partition coefficient (Wildman–Crippen LogP) is -0.251. The lowest BCUT2D eigenvalue weighted by molar-refractivity contribution is 0.626. The van der Waals surface area contributed by atoms with Crippen molar-refractivity contribution in [3.05, 3.63) is 0 Å². The predicted molar refractivity (Wildman–Crippen MR) is 53.3 cm³/mol. The van der Waals surface area contributed by atoms with Gasteiger partial charge in [-0.25, -0.2) is 0 Å². The van der Waals surface area contributed by atoms with Crippen molar-refractivity contribution in [2.24, 2.45) is 0 Å². The van der Waals surface area contributed by atoms with Crippen LogP contribution >= 0.6 is 0 Å². The topological polar surface area (TPSA) is 58.2 Å². The standard InChI is InChI=1S/C4H7NO2S.C4H9N/c6-8(7)4-2-1-3-5-4;1-2-4-5-3-1/h5H,1-3H2;5H,1-4H2. The lowest BCUT2D eigenvalue weighted by Crippen LogP contribution is -2.14. The molecule has 0 amide bonds. The minimum atomic E-state index is -1.99. The molecule has 76 valence electrons. The van der Waals surface area contributed by atoms with Crippen LogP contribution in [0.1, 0.15) is 25.7 Å². The van der Waals surface area contributed by atoms with Crippen molar-refractivity contribution in [1.82, 2.24) is 10.6 Å². The molecule has 4 nitrogen and oxygen atoms in total. The highest BCUT2D eigenvalue weighted by molar-refractivity contribution is 7.72. The van der Waals surface area contributed by atoms with Crippen molar-refractivity contribution in [2.45, 2.75) is 25.7 Å². The van der Waals surface area contributed by atoms with Crippen LogP contribution < -0.4 is 10.6 Å². The molecule has 0 spiro atoms. The lowest BCUT2D eigenvalue weighted by atomic mass is 10.4. The first-order valence-corrected chi connectivity index (χ1v) is 5.78. The molecule has 2 fully saturated rings. The lowest BCUT2D eigenvalue weighted by Gasteiger charge is -1.81. The molecule has 0 atom stereocenters. The van der Waals surface area contributed by atoms with E-state index in [0.717, 1.165) is 13.0 Å². The fraction of sp³-hybridized carbons (Fsp3) is 0.875. The highest BCUT2D eigenvalue weighted by Crippen LogP contribution is 1.95. The van der Waals surface area contributed by atoms with Gasteiger partial charge in [0.2, 0.25) is 10.3 Å². The van der Waals surface area contributed by atoms with Crippen LogP contribution in [0.15, 0.2) is 0 Å². The third kappa shape index (κ3) is 4.40. The second-order valence-electron chi connectivity index (χ2n) is 3.15. The van der Waals surface area contributed by atoms with E-state index in [-0.39, 0.29) is 0 Å². The molecular weight excluding hydrogens is 188 g/mol. The Kier molecular flexibility index (Phi) is 5.03. The van der Waals surface area contributed by atoms with Crippen LogP contribution in [0.4, 0.5) is 0 Å². The van der Waals surface area contributed by atoms with Gasteiger partial charge < -0.3 is 5.32 Å². The number of hydrogen-bond donors (Lipinski definition) is 2. The van der Waals surface area contributed by atoms with Gasteiger partial charge in [0.1, 0.15) is 4.99 Å². The summed E-state index contributed by atoms with van der Waals surface area (Å²) in [4.78, 5) is 0.463. The molecule has 0 aromatic rings. The smallest absolute Gasteiger partial charge is 0.228 e. The Labute approximate surface area is 80.2 Å². The zero-order chi connectivity index (χ0) is 9.52. The van der Waals surface area contributed by atoms with Gasteiger partial charge in [-0.15, -0.1) is 0 Å². The van der Waals surface area contributed by atoms with Gasteiger partial charge in [0.05, 0.1) is 0 Å². The van der Waals surface area contributed by atoms with E-state index in [1.807, 2.05) is 0 Å². The summed E-state index contributed by atoms with van der Waals surface area (Å²) in [6, 6.07) is 0. The van der Waals surface area contributed by atoms with Crippen molar-refractivity contribution in [2.75, 3.05) is 19.6 Å². The van der Waals surface area contributed by atoms with Crippen LogP contribution in [0.3, 0.4) is 0 Å². The SMILES string of the molecule is C1CCNC1.O=S(=O)=C1CCCN1. The van der Waals surface area contributed by atoms with Crippen molar-refractivity contribution < 1.29 is 8.42 Å². The quantitative estimate of drug-likeness (QED) is 0.534. The zero-order valence-corrected chi connectivity index (χ0v) is 8.49. The number of rotatable bonds is 0. The fourth-order valence-electron chi connectivity index (χ4n) is 1.33. The summed E-state index contributed by atoms with van der Waals surface area (Å²) in [6.45, 7) is 3.31. The fourth-order valence-corrected chi connectivity index (χ4v) is 1.86. The normalized spacial score (nSPS) is 21.1. The Morgan fingerprint density at radius 3 is 1.92 bits per heavy atom. The van der Waals surface area contributed by atoms with Crippen LogP contribution in [0.25, 0.3) is 0 Å². The van der Waals surface area contributed by atoms with Crippen molar-refractivity contribution in [3.8, 4) is 0 Å². The molecule has 0 aliphatic carbocycles. The molecule has 0 unspecified atom stereocenters. The average Bonchev–Trinajstić information content (AvgIpc) is 2.82. The van der Waals surface area contributed by atoms with Gasteiger partial charge in [-0.1, -0.05) is 0 Å². The van der Waals surface area contributed by atoms with Crippen molar-refractivity contribution in [3.63, 3.8) is 0 Å². The molecule has 2 aliphatic rings. The van der Waals surface area contributed by atoms with Crippen molar-refractivity contribution in [1.29, 1.82) is 0 Å². The van der Waals surface area contributed by atoms with Crippen LogP contribution in [-0.4, -0.2) is 33.0 Å². The van der Waals surface area contributed by atoms with E-state index in [1.165, 1.54) is 25.9 Å². The van der Waals surface area contributed by atoms with Crippen LogP contribution in [0.5, 0.6) is 0 Å². The molecule has 5 heteroatoms. The largest absolute Gasteiger partial charge is 0.317 e. The Bertz CT molecular complexity index is 244. The minimum absolute atomic E-state index is 0.463. The van der Waals surface area contributed by atoms with E-state index in [2.05, 4.69) is 10.6 Å². The summed E-state index contributed by atoms with van der Waals surface area (Å²) in [5, 5.41) is 5.98. The first-order valence-electron chi connectivity index (χ1n) is 4.70. The van der Waals surface area contributed by atoms with Gasteiger partial charge in [0, 0.05) is 6.54 Å². The summed E-state index contributed by atoms with van der Waals surface area (Å²) >= 11 is 0. The molecular formula is C8H16N2O2S. The van der Waals surface area contributed by atoms with E-state index in [9.17, 15) is 8.42 Å². The molecule has 2 saturated heterocycles. The Morgan fingerprint density at radius 1 is 1.00 bits per heavy atom. The minimum Gasteiger partial charge on any atom is -0.317 e. The Hall–Kier alpha value is -0.390. The average molecular weight is 204 g/mol. The third-order valence-corrected chi connectivity index (χ3v) is 2.81. The van der Waals surface area contributed by atoms with E-state index >= 15 is 0 Å². The highest BCUT2D eigenvalue weighted by Gasteiger charge is 2.06. The maximum Gasteiger partial charge on any atom is 0.228 e. The van der Waals surface area contributed by atoms with E-state index in [1.54, 1.807) is 0 Å². The highest BCUT2D eigenvalue weighted by atomic mass is 32.2. The van der Waals surface area contributed by atoms with Crippen LogP contribution in [0, 0.1) is 0 Å². The van der Waals surface area contributed by atoms with Gasteiger partial charge in [0.25, 0.3) is 0 Å². The second kappa shape index (κ2) is 6.12. The number of nitrogens with one attached hydrogen (secondary N) is 2. The summed E-state index contributed by atoms with van der Waals surface area (Å²) in [5.74, 6) is 0. The van der Waals surface area contributed by atoms with Gasteiger partial charge >= 0.3 is 0 Å². The van der Waals surface area contributed by atoms with Gasteiger partial charge in [0.15, 0.2) is 0 Å². The first-order chi connectivity index (χ1) is 6.30. The summed E-state index contributed by atoms with van der Waals surface area (Å²) < 4.78 is 20.2. The molecule has 0 aromatic heterocycles. The molecule has 0 radical (unpaired) electrons. The Morgan fingerprint density at radius 2 is 1.69 bits per heavy atom. The molecule has 2 rings (SSSR count). The summed E-state index contributed by atoms with van der Waals surface area (Å²) in [6.07, 6.45) is 4.42. The van der Waals surface area contributed by atoms with Crippen LogP contribution in [-0.2, 0) is 10.3 Å². The molecule has 13 heavy (non-hydrogen) atoms. The summed E-state index contributed by atoms with van der Waals surface area (Å²) in [7, 11) is -1.99. The summed E-state index contributed by atoms with van der Waals surface area (Å²) in [5.41, 5.74) is 0. The molecule has 0 saturated carbocycles. The second-order valence-corrected chi connectivity index (χ2v) is 4.11. The molecule has 2 heterocycles. The Balaban J connectivity index is 0.000000145. The maximum atomic E-state index is 10.1. The van der Waals surface area contributed by atoms with Crippen molar-refractivity contribution >= 4 is 15.3 Å². The molecule has 0 bridgehead atoms. The molecule has 2 N–H and O–H groups in total. The van der Waals surface area contributed by atoms with Gasteiger partial charge in [-0.05, 0) is 38.8 Å². The molecule has 0 aromatic carbocycles. The van der Waals surface area contributed by atoms with E-state index in [0.29, 0.717) is 11.4 Å². The van der Waals surface area contributed by atoms with E-state index in [4.69, 9.17) is 0 Å². The van der Waals surface area contributed by atoms with Gasteiger partial charge in [-0.2, -0.15) is 8.42 Å². The van der Waals surface area contributed by atoms with Gasteiger partial charge in [-0.3, -0.25) is 5.32 Å². The first kappa shape index (κ1) is 10.7. The third-order valence-electron chi connectivity index (χ3n) is 2.06. The zero-order valence-electron chi connectivity index (χ0n) is 7.67. The van der Waals surface area contributed by atoms with Crippen LogP contribution in [0.2, 0.25) is 0 Å². The molecule has 2 aliphatic heterocycles. The number of hydrogen-bond acceptors (Lipinski definition) is 3. The monoisotopic (exact) mass is 204 g/mol.